The Bertz CT molecular complexity index is 8480. The molecule has 6 heteroatoms. The van der Waals surface area contributed by atoms with Crippen LogP contribution in [0.3, 0.4) is 0 Å². The van der Waals surface area contributed by atoms with Crippen LogP contribution in [0.2, 0.25) is 0 Å². The van der Waals surface area contributed by atoms with Crippen molar-refractivity contribution in [2.45, 2.75) is 110 Å². The predicted octanol–water partition coefficient (Wildman–Crippen LogP) is 35.9. The van der Waals surface area contributed by atoms with Gasteiger partial charge < -0.3 is 23.5 Å². The molecule has 688 valence electrons. The Balaban J connectivity index is 0.882. The van der Waals surface area contributed by atoms with E-state index in [1.807, 2.05) is 0 Å². The van der Waals surface area contributed by atoms with Gasteiger partial charge in [0.2, 0.25) is 0 Å². The summed E-state index contributed by atoms with van der Waals surface area (Å²) in [5.41, 5.74) is 43.6. The van der Waals surface area contributed by atoms with Crippen molar-refractivity contribution in [3.63, 3.8) is 0 Å². The third-order valence-electron chi connectivity index (χ3n) is 30.4. The Morgan fingerprint density at radius 3 is 0.951 bits per heavy atom. The number of anilines is 9. The lowest BCUT2D eigenvalue weighted by Gasteiger charge is -2.48. The average molecular weight is 1840 g/mol. The fraction of sp³-hybridized carbons (Fsp3) is 0.124. The molecule has 2 aromatic heterocycles. The van der Waals surface area contributed by atoms with Crippen molar-refractivity contribution in [1.82, 2.24) is 0 Å². The molecule has 5 heterocycles. The topological polar surface area (TPSA) is 36.0 Å². The Kier molecular flexibility index (Phi) is 20.8. The van der Waals surface area contributed by atoms with E-state index in [-0.39, 0.29) is 21.7 Å². The Hall–Kier alpha value is -16.5. The smallest absolute Gasteiger partial charge is 0.252 e. The Morgan fingerprint density at radius 2 is 0.552 bits per heavy atom. The number of nitrogens with zero attached hydrogens (tertiary/aromatic N) is 3. The summed E-state index contributed by atoms with van der Waals surface area (Å²) >= 11 is 0. The summed E-state index contributed by atoms with van der Waals surface area (Å²) < 4.78 is 15.7. The van der Waals surface area contributed by atoms with Crippen LogP contribution in [-0.2, 0) is 27.1 Å². The van der Waals surface area contributed by atoms with Crippen molar-refractivity contribution in [3.05, 3.63) is 493 Å². The normalized spacial score (nSPS) is 13.3. The quantitative estimate of drug-likeness (QED) is 0.101. The summed E-state index contributed by atoms with van der Waals surface area (Å²) in [7, 11) is 0. The molecule has 0 spiro atoms. The van der Waals surface area contributed by atoms with E-state index in [1.54, 1.807) is 0 Å². The second-order valence-electron chi connectivity index (χ2n) is 43.5. The molecule has 0 radical (unpaired) electrons. The van der Waals surface area contributed by atoms with Crippen LogP contribution in [0.25, 0.3) is 144 Å². The van der Waals surface area contributed by atoms with Gasteiger partial charge in [0, 0.05) is 72.1 Å². The first-order valence-corrected chi connectivity index (χ1v) is 50.4. The molecule has 0 aliphatic carbocycles. The zero-order valence-corrected chi connectivity index (χ0v) is 83.0. The number of furan rings is 2. The van der Waals surface area contributed by atoms with Gasteiger partial charge in [0.05, 0.1) is 33.9 Å². The lowest BCUT2D eigenvalue weighted by molar-refractivity contribution is 0.559. The molecule has 5 nitrogen and oxygen atoms in total. The zero-order valence-electron chi connectivity index (χ0n) is 83.0. The monoisotopic (exact) mass is 1840 g/mol. The van der Waals surface area contributed by atoms with Gasteiger partial charge in [-0.05, 0) is 246 Å². The molecule has 25 rings (SSSR count). The number of benzene rings is 20. The highest BCUT2D eigenvalue weighted by molar-refractivity contribution is 7.00. The van der Waals surface area contributed by atoms with Crippen LogP contribution in [0.1, 0.15) is 128 Å². The Labute approximate surface area is 839 Å². The van der Waals surface area contributed by atoms with Crippen molar-refractivity contribution in [2.24, 2.45) is 0 Å². The maximum absolute atomic E-state index is 7.90. The number of hydrogen-bond donors (Lipinski definition) is 0. The zero-order chi connectivity index (χ0) is 97.1. The van der Waals surface area contributed by atoms with Gasteiger partial charge in [0.25, 0.3) is 6.71 Å². The van der Waals surface area contributed by atoms with E-state index in [4.69, 9.17) is 8.83 Å². The molecule has 0 unspecified atom stereocenters. The summed E-state index contributed by atoms with van der Waals surface area (Å²) in [4.78, 5) is 8.10. The lowest BCUT2D eigenvalue weighted by Crippen LogP contribution is -2.61. The van der Waals surface area contributed by atoms with E-state index in [0.29, 0.717) is 0 Å². The van der Waals surface area contributed by atoms with Crippen LogP contribution >= 0.6 is 0 Å². The van der Waals surface area contributed by atoms with Gasteiger partial charge in [-0.15, -0.1) is 0 Å². The SMILES string of the molecule is CC(C)(C)c1cc(-c2ccc3c(c2)oc2cc4c(cc23)N(c2c(-c3cccc(-c5ccccc5)c3)cccc2-c2cccc(-c3ccccc3)c2)c2cc(N3c5ccccc5C(c5ccccc5)(c5ccccc5)c5ccccc53)cc3c2B4c2cc4oc5c(C(C)(C)C)cc(C(C)(C)C)cc5c4cc2N3c2c(-c3cccc(-c4ccccc4)c3)cccc2-c2cccc(-c3ccccc3)c2)cc(C(C)(C)C)c1. The molecule has 20 aromatic carbocycles. The summed E-state index contributed by atoms with van der Waals surface area (Å²) in [5, 5.41) is 4.14. The first kappa shape index (κ1) is 87.9. The molecular weight excluding hydrogens is 1730 g/mol. The second-order valence-corrected chi connectivity index (χ2v) is 43.5. The van der Waals surface area contributed by atoms with Crippen LogP contribution in [0, 0.1) is 0 Å². The molecule has 0 atom stereocenters. The first-order valence-electron chi connectivity index (χ1n) is 50.4. The minimum atomic E-state index is -0.799. The minimum absolute atomic E-state index is 0.110. The number of hydrogen-bond acceptors (Lipinski definition) is 5. The van der Waals surface area contributed by atoms with Gasteiger partial charge in [-0.3, -0.25) is 0 Å². The summed E-state index contributed by atoms with van der Waals surface area (Å²) in [6.07, 6.45) is 0. The minimum Gasteiger partial charge on any atom is -0.456 e. The molecule has 143 heavy (non-hydrogen) atoms. The molecule has 3 aliphatic heterocycles. The Morgan fingerprint density at radius 1 is 0.217 bits per heavy atom. The van der Waals surface area contributed by atoms with Gasteiger partial charge >= 0.3 is 0 Å². The van der Waals surface area contributed by atoms with E-state index in [0.717, 1.165) is 223 Å². The average Bonchev–Trinajstić information content (AvgIpc) is 1.66. The number of fused-ring (bicyclic) bond motifs is 12. The van der Waals surface area contributed by atoms with Gasteiger partial charge in [0.15, 0.2) is 0 Å². The first-order chi connectivity index (χ1) is 69.4. The molecule has 22 aromatic rings. The van der Waals surface area contributed by atoms with Crippen molar-refractivity contribution >= 4 is 118 Å². The van der Waals surface area contributed by atoms with Crippen LogP contribution in [0.5, 0.6) is 0 Å². The largest absolute Gasteiger partial charge is 0.456 e. The second kappa shape index (κ2) is 33.9. The molecular formula is C137H110BN3O2. The van der Waals surface area contributed by atoms with Crippen molar-refractivity contribution in [2.75, 3.05) is 14.7 Å². The number of para-hydroxylation sites is 4. The maximum Gasteiger partial charge on any atom is 0.252 e. The maximum atomic E-state index is 7.90. The molecule has 3 aliphatic rings. The third kappa shape index (κ3) is 14.9. The molecule has 0 saturated heterocycles. The van der Waals surface area contributed by atoms with E-state index >= 15 is 0 Å². The van der Waals surface area contributed by atoms with Gasteiger partial charge in [0.1, 0.15) is 22.3 Å². The van der Waals surface area contributed by atoms with Crippen LogP contribution in [0.15, 0.2) is 458 Å². The van der Waals surface area contributed by atoms with E-state index in [2.05, 4.69) is 547 Å². The molecule has 0 bridgehead atoms. The van der Waals surface area contributed by atoms with E-state index in [1.165, 1.54) is 33.4 Å². The van der Waals surface area contributed by atoms with Gasteiger partial charge in [-0.1, -0.05) is 441 Å². The summed E-state index contributed by atoms with van der Waals surface area (Å²) in [5.74, 6) is 0. The highest BCUT2D eigenvalue weighted by Crippen LogP contribution is 2.62. The van der Waals surface area contributed by atoms with E-state index in [9.17, 15) is 0 Å². The molecule has 0 saturated carbocycles. The van der Waals surface area contributed by atoms with Crippen LogP contribution < -0.4 is 31.1 Å². The fourth-order valence-electron chi connectivity index (χ4n) is 23.2. The lowest BCUT2D eigenvalue weighted by atomic mass is 9.33. The van der Waals surface area contributed by atoms with Gasteiger partial charge in [-0.2, -0.15) is 0 Å². The molecule has 0 N–H and O–H groups in total. The van der Waals surface area contributed by atoms with Gasteiger partial charge in [-0.25, -0.2) is 0 Å². The van der Waals surface area contributed by atoms with Crippen molar-refractivity contribution in [3.8, 4) is 100 Å². The molecule has 0 fully saturated rings. The van der Waals surface area contributed by atoms with Crippen molar-refractivity contribution in [1.29, 1.82) is 0 Å². The van der Waals surface area contributed by atoms with Crippen LogP contribution in [-0.4, -0.2) is 6.71 Å². The van der Waals surface area contributed by atoms with Crippen molar-refractivity contribution < 1.29 is 8.83 Å². The molecule has 0 amide bonds. The fourth-order valence-corrected chi connectivity index (χ4v) is 23.2. The standard InChI is InChI=1S/C137H110BN3O2/c1-133(2,3)103-75-100(76-104(78-103)134(4,5)6)95-69-70-111-112-83-122-118(85-127(112)142-126(111)77-95)138-119-86-128-113(114-79-105(135(7,8)9)80-117(132(114)143-128)136(10,11)12)84-123(119)141(131-109(98-55-37-51-93(73-98)89-45-23-15-24-46-89)63-40-64-110(131)99-56-38-52-94(74-99)90-47-25-16-26-48-90)125-82-106(139-120-67-33-31-65-115(120)137(101-57-27-17-28-58-101,102-59-29-18-30-60-102)116-66-32-34-68-121(116)139)81-124(129(125)138)140(122)130-107(96-53-35-49-91(71-96)87-41-19-13-20-42-87)61-39-62-108(130)97-54-36-50-92(72-97)88-43-21-14-22-44-88/h13-86H,1-12H3. The predicted molar refractivity (Wildman–Crippen MR) is 605 cm³/mol. The summed E-state index contributed by atoms with van der Waals surface area (Å²) in [6, 6.07) is 170. The highest BCUT2D eigenvalue weighted by atomic mass is 16.3. The van der Waals surface area contributed by atoms with E-state index < -0.39 is 12.1 Å². The number of rotatable bonds is 14. The summed E-state index contributed by atoms with van der Waals surface area (Å²) in [6.45, 7) is 27.5. The highest BCUT2D eigenvalue weighted by Gasteiger charge is 2.51. The third-order valence-corrected chi connectivity index (χ3v) is 30.4. The van der Waals surface area contributed by atoms with Crippen LogP contribution in [0.4, 0.5) is 51.2 Å².